The van der Waals surface area contributed by atoms with E-state index in [9.17, 15) is 0 Å². The zero-order chi connectivity index (χ0) is 10.5. The molecule has 0 saturated heterocycles. The van der Waals surface area contributed by atoms with Crippen molar-refractivity contribution in [2.75, 3.05) is 11.9 Å². The van der Waals surface area contributed by atoms with Gasteiger partial charge in [0.05, 0.1) is 10.6 Å². The molecular formula is C10H12N4S. The normalized spacial score (nSPS) is 10.2. The molecule has 78 valence electrons. The lowest BCUT2D eigenvalue weighted by Crippen LogP contribution is -1.97. The second-order valence-electron chi connectivity index (χ2n) is 3.05. The maximum Gasteiger partial charge on any atom is 0.183 e. The number of thiazole rings is 1. The van der Waals surface area contributed by atoms with Crippen LogP contribution < -0.4 is 5.32 Å². The summed E-state index contributed by atoms with van der Waals surface area (Å²) in [5, 5.41) is 4.20. The fraction of sp³-hybridized carbons (Fsp3) is 0.300. The quantitative estimate of drug-likeness (QED) is 0.859. The summed E-state index contributed by atoms with van der Waals surface area (Å²) in [6.07, 6.45) is 6.23. The molecule has 4 nitrogen and oxygen atoms in total. The fourth-order valence-corrected chi connectivity index (χ4v) is 1.96. The van der Waals surface area contributed by atoms with E-state index in [-0.39, 0.29) is 0 Å². The summed E-state index contributed by atoms with van der Waals surface area (Å²) in [7, 11) is 0. The average Bonchev–Trinajstić information content (AvgIpc) is 2.76. The molecule has 0 fully saturated rings. The SMILES string of the molecule is CCCNc1ncc(-c2ccncn2)s1. The van der Waals surface area contributed by atoms with Crippen molar-refractivity contribution in [1.29, 1.82) is 0 Å². The van der Waals surface area contributed by atoms with Crippen LogP contribution in [0, 0.1) is 0 Å². The lowest BCUT2D eigenvalue weighted by Gasteiger charge is -1.96. The Balaban J connectivity index is 2.14. The number of rotatable bonds is 4. The molecule has 0 atom stereocenters. The molecule has 15 heavy (non-hydrogen) atoms. The molecule has 2 heterocycles. The zero-order valence-electron chi connectivity index (χ0n) is 8.47. The van der Waals surface area contributed by atoms with Crippen molar-refractivity contribution in [3.63, 3.8) is 0 Å². The molecule has 0 amide bonds. The van der Waals surface area contributed by atoms with E-state index in [1.54, 1.807) is 23.9 Å². The number of anilines is 1. The standard InChI is InChI=1S/C10H12N4S/c1-2-4-12-10-13-6-9(15-10)8-3-5-11-7-14-8/h3,5-7H,2,4H2,1H3,(H,12,13). The molecule has 0 saturated carbocycles. The van der Waals surface area contributed by atoms with Crippen molar-refractivity contribution >= 4 is 16.5 Å². The summed E-state index contributed by atoms with van der Waals surface area (Å²) >= 11 is 1.61. The Morgan fingerprint density at radius 1 is 1.40 bits per heavy atom. The maximum atomic E-state index is 4.28. The van der Waals surface area contributed by atoms with Crippen LogP contribution in [0.2, 0.25) is 0 Å². The van der Waals surface area contributed by atoms with E-state index in [2.05, 4.69) is 27.2 Å². The Hall–Kier alpha value is -1.49. The van der Waals surface area contributed by atoms with E-state index in [4.69, 9.17) is 0 Å². The van der Waals surface area contributed by atoms with Gasteiger partial charge < -0.3 is 5.32 Å². The smallest absolute Gasteiger partial charge is 0.183 e. The van der Waals surface area contributed by atoms with Crippen LogP contribution in [-0.2, 0) is 0 Å². The topological polar surface area (TPSA) is 50.7 Å². The molecule has 0 radical (unpaired) electrons. The molecule has 0 aliphatic carbocycles. The van der Waals surface area contributed by atoms with Crippen molar-refractivity contribution < 1.29 is 0 Å². The van der Waals surface area contributed by atoms with Gasteiger partial charge in [-0.2, -0.15) is 0 Å². The molecule has 0 aromatic carbocycles. The van der Waals surface area contributed by atoms with E-state index in [1.165, 1.54) is 0 Å². The highest BCUT2D eigenvalue weighted by Crippen LogP contribution is 2.26. The van der Waals surface area contributed by atoms with Crippen LogP contribution >= 0.6 is 11.3 Å². The number of nitrogens with one attached hydrogen (secondary N) is 1. The first-order valence-electron chi connectivity index (χ1n) is 4.86. The van der Waals surface area contributed by atoms with E-state index < -0.39 is 0 Å². The van der Waals surface area contributed by atoms with Crippen LogP contribution in [0.1, 0.15) is 13.3 Å². The Morgan fingerprint density at radius 3 is 3.07 bits per heavy atom. The largest absolute Gasteiger partial charge is 0.362 e. The van der Waals surface area contributed by atoms with Crippen LogP contribution in [0.25, 0.3) is 10.6 Å². The van der Waals surface area contributed by atoms with Crippen molar-refractivity contribution in [1.82, 2.24) is 15.0 Å². The summed E-state index contributed by atoms with van der Waals surface area (Å²) in [4.78, 5) is 13.4. The summed E-state index contributed by atoms with van der Waals surface area (Å²) in [5.74, 6) is 0. The fourth-order valence-electron chi connectivity index (χ4n) is 1.14. The third-order valence-corrected chi connectivity index (χ3v) is 2.84. The average molecular weight is 220 g/mol. The van der Waals surface area contributed by atoms with Crippen molar-refractivity contribution in [3.8, 4) is 10.6 Å². The molecule has 0 aliphatic rings. The Morgan fingerprint density at radius 2 is 2.33 bits per heavy atom. The van der Waals surface area contributed by atoms with Crippen LogP contribution in [0.15, 0.2) is 24.8 Å². The van der Waals surface area contributed by atoms with Gasteiger partial charge in [0.2, 0.25) is 0 Å². The zero-order valence-corrected chi connectivity index (χ0v) is 9.29. The Bertz CT molecular complexity index is 412. The third-order valence-electron chi connectivity index (χ3n) is 1.87. The van der Waals surface area contributed by atoms with Crippen LogP contribution in [0.3, 0.4) is 0 Å². The van der Waals surface area contributed by atoms with E-state index in [1.807, 2.05) is 12.3 Å². The van der Waals surface area contributed by atoms with Gasteiger partial charge in [-0.25, -0.2) is 15.0 Å². The molecule has 5 heteroatoms. The van der Waals surface area contributed by atoms with Crippen molar-refractivity contribution in [2.45, 2.75) is 13.3 Å². The monoisotopic (exact) mass is 220 g/mol. The molecule has 0 aliphatic heterocycles. The molecule has 1 N–H and O–H groups in total. The lowest BCUT2D eigenvalue weighted by molar-refractivity contribution is 0.976. The highest BCUT2D eigenvalue weighted by molar-refractivity contribution is 7.18. The van der Waals surface area contributed by atoms with Gasteiger partial charge in [-0.1, -0.05) is 18.3 Å². The minimum Gasteiger partial charge on any atom is -0.362 e. The predicted octanol–water partition coefficient (Wildman–Crippen LogP) is 2.42. The van der Waals surface area contributed by atoms with E-state index >= 15 is 0 Å². The Labute approximate surface area is 92.4 Å². The van der Waals surface area contributed by atoms with Gasteiger partial charge in [-0.15, -0.1) is 0 Å². The van der Waals surface area contributed by atoms with Crippen LogP contribution in [0.5, 0.6) is 0 Å². The van der Waals surface area contributed by atoms with Gasteiger partial charge in [-0.05, 0) is 12.5 Å². The van der Waals surface area contributed by atoms with Gasteiger partial charge >= 0.3 is 0 Å². The van der Waals surface area contributed by atoms with E-state index in [0.717, 1.165) is 28.7 Å². The minimum absolute atomic E-state index is 0.923. The molecular weight excluding hydrogens is 208 g/mol. The highest BCUT2D eigenvalue weighted by Gasteiger charge is 2.03. The van der Waals surface area contributed by atoms with Crippen LogP contribution in [-0.4, -0.2) is 21.5 Å². The second-order valence-corrected chi connectivity index (χ2v) is 4.08. The molecule has 0 bridgehead atoms. The number of aromatic nitrogens is 3. The van der Waals surface area contributed by atoms with Gasteiger partial charge in [0, 0.05) is 18.9 Å². The number of nitrogens with zero attached hydrogens (tertiary/aromatic N) is 3. The molecule has 2 rings (SSSR count). The maximum absolute atomic E-state index is 4.28. The van der Waals surface area contributed by atoms with Crippen molar-refractivity contribution in [3.05, 3.63) is 24.8 Å². The molecule has 2 aromatic rings. The summed E-state index contributed by atoms with van der Waals surface area (Å²) in [6.45, 7) is 3.09. The van der Waals surface area contributed by atoms with Gasteiger partial charge in [0.15, 0.2) is 5.13 Å². The Kier molecular flexibility index (Phi) is 3.24. The van der Waals surface area contributed by atoms with Crippen molar-refractivity contribution in [2.24, 2.45) is 0 Å². The van der Waals surface area contributed by atoms with Gasteiger partial charge in [0.25, 0.3) is 0 Å². The van der Waals surface area contributed by atoms with Gasteiger partial charge in [0.1, 0.15) is 6.33 Å². The second kappa shape index (κ2) is 4.84. The first-order valence-corrected chi connectivity index (χ1v) is 5.68. The summed E-state index contributed by atoms with van der Waals surface area (Å²) in [5.41, 5.74) is 0.923. The molecule has 0 spiro atoms. The molecule has 2 aromatic heterocycles. The molecule has 0 unspecified atom stereocenters. The van der Waals surface area contributed by atoms with E-state index in [0.29, 0.717) is 0 Å². The first-order chi connectivity index (χ1) is 7.40. The minimum atomic E-state index is 0.923. The number of hydrogen-bond acceptors (Lipinski definition) is 5. The lowest BCUT2D eigenvalue weighted by atomic mass is 10.4. The third kappa shape index (κ3) is 2.50. The van der Waals surface area contributed by atoms with Crippen LogP contribution in [0.4, 0.5) is 5.13 Å². The number of hydrogen-bond donors (Lipinski definition) is 1. The first kappa shape index (κ1) is 10.0. The summed E-state index contributed by atoms with van der Waals surface area (Å²) in [6, 6.07) is 1.89. The van der Waals surface area contributed by atoms with Gasteiger partial charge in [-0.3, -0.25) is 0 Å². The highest BCUT2D eigenvalue weighted by atomic mass is 32.1. The summed E-state index contributed by atoms with van der Waals surface area (Å²) < 4.78 is 0. The predicted molar refractivity (Wildman–Crippen MR) is 61.9 cm³/mol.